The molecule has 0 N–H and O–H groups in total. The minimum atomic E-state index is -0.597. The molecule has 0 fully saturated rings. The van der Waals surface area contributed by atoms with Crippen LogP contribution in [0, 0.1) is 0 Å². The van der Waals surface area contributed by atoms with Gasteiger partial charge in [-0.3, -0.25) is 9.48 Å². The van der Waals surface area contributed by atoms with Crippen LogP contribution < -0.4 is 9.64 Å². The van der Waals surface area contributed by atoms with E-state index in [0.29, 0.717) is 18.0 Å². The highest BCUT2D eigenvalue weighted by molar-refractivity contribution is 6.29. The van der Waals surface area contributed by atoms with Gasteiger partial charge in [0.1, 0.15) is 24.9 Å². The minimum absolute atomic E-state index is 0.0627. The summed E-state index contributed by atoms with van der Waals surface area (Å²) in [7, 11) is 1.80. The lowest BCUT2D eigenvalue weighted by Gasteiger charge is -2.23. The molecule has 118 valence electrons. The fourth-order valence-corrected chi connectivity index (χ4v) is 2.21. The number of aromatic nitrogens is 2. The summed E-state index contributed by atoms with van der Waals surface area (Å²) in [6, 6.07) is 7.00. The Morgan fingerprint density at radius 3 is 2.86 bits per heavy atom. The van der Waals surface area contributed by atoms with Crippen molar-refractivity contribution >= 4 is 23.2 Å². The first-order valence-electron chi connectivity index (χ1n) is 6.77. The molecule has 5 nitrogen and oxygen atoms in total. The van der Waals surface area contributed by atoms with Crippen molar-refractivity contribution in [3.8, 4) is 5.75 Å². The van der Waals surface area contributed by atoms with Crippen molar-refractivity contribution in [3.63, 3.8) is 0 Å². The summed E-state index contributed by atoms with van der Waals surface area (Å²) in [5.74, 6) is 0.0295. The van der Waals surface area contributed by atoms with Crippen LogP contribution in [0.15, 0.2) is 36.7 Å². The zero-order valence-corrected chi connectivity index (χ0v) is 13.0. The summed E-state index contributed by atoms with van der Waals surface area (Å²) in [5.41, 5.74) is 1.42. The first-order valence-corrected chi connectivity index (χ1v) is 7.30. The zero-order valence-electron chi connectivity index (χ0n) is 12.2. The molecule has 2 rings (SSSR count). The molecule has 0 aliphatic carbocycles. The molecule has 0 bridgehead atoms. The quantitative estimate of drug-likeness (QED) is 0.735. The number of anilines is 1. The lowest BCUT2D eigenvalue weighted by molar-refractivity contribution is -0.116. The Morgan fingerprint density at radius 2 is 2.23 bits per heavy atom. The van der Waals surface area contributed by atoms with Crippen molar-refractivity contribution in [2.75, 3.05) is 24.1 Å². The van der Waals surface area contributed by atoms with Crippen molar-refractivity contribution in [1.82, 2.24) is 9.78 Å². The number of rotatable bonds is 7. The Bertz CT molecular complexity index is 633. The summed E-state index contributed by atoms with van der Waals surface area (Å²) < 4.78 is 19.4. The third-order valence-corrected chi connectivity index (χ3v) is 3.23. The normalized spacial score (nSPS) is 10.5. The number of ether oxygens (including phenoxy) is 1. The topological polar surface area (TPSA) is 47.4 Å². The maximum atomic E-state index is 12.3. The van der Waals surface area contributed by atoms with E-state index in [2.05, 4.69) is 5.10 Å². The predicted octanol–water partition coefficient (Wildman–Crippen LogP) is 2.54. The molecule has 0 radical (unpaired) electrons. The summed E-state index contributed by atoms with van der Waals surface area (Å²) in [4.78, 5) is 13.7. The number of carbonyl (C=O) groups is 1. The Balaban J connectivity index is 2.30. The molecule has 1 heterocycles. The maximum absolute atomic E-state index is 12.3. The average molecular weight is 326 g/mol. The summed E-state index contributed by atoms with van der Waals surface area (Å²) in [5, 5.41) is 4.09. The second-order valence-corrected chi connectivity index (χ2v) is 4.91. The van der Waals surface area contributed by atoms with Gasteiger partial charge in [-0.1, -0.05) is 12.1 Å². The highest BCUT2D eigenvalue weighted by Gasteiger charge is 2.19. The first kappa shape index (κ1) is 16.3. The van der Waals surface area contributed by atoms with Crippen LogP contribution in [0.5, 0.6) is 5.75 Å². The Morgan fingerprint density at radius 1 is 1.45 bits per heavy atom. The number of hydrogen-bond acceptors (Lipinski definition) is 3. The van der Waals surface area contributed by atoms with Crippen LogP contribution in [0.1, 0.15) is 5.56 Å². The van der Waals surface area contributed by atoms with Crippen molar-refractivity contribution in [1.29, 1.82) is 0 Å². The van der Waals surface area contributed by atoms with E-state index in [9.17, 15) is 9.18 Å². The Kier molecular flexibility index (Phi) is 5.77. The fraction of sp³-hybridized carbons (Fsp3) is 0.333. The zero-order chi connectivity index (χ0) is 15.9. The number of hydrogen-bond donors (Lipinski definition) is 0. The molecule has 0 spiro atoms. The molecule has 22 heavy (non-hydrogen) atoms. The number of para-hydroxylation sites is 2. The van der Waals surface area contributed by atoms with Gasteiger partial charge < -0.3 is 9.64 Å². The van der Waals surface area contributed by atoms with E-state index >= 15 is 0 Å². The lowest BCUT2D eigenvalue weighted by Crippen LogP contribution is -2.31. The lowest BCUT2D eigenvalue weighted by atomic mass is 10.2. The third-order valence-electron chi connectivity index (χ3n) is 3.01. The van der Waals surface area contributed by atoms with Crippen LogP contribution in [0.2, 0.25) is 0 Å². The monoisotopic (exact) mass is 325 g/mol. The van der Waals surface area contributed by atoms with E-state index in [4.69, 9.17) is 16.3 Å². The largest absolute Gasteiger partial charge is 0.489 e. The smallest absolute Gasteiger partial charge is 0.242 e. The number of halogens is 2. The van der Waals surface area contributed by atoms with Crippen LogP contribution in [-0.4, -0.2) is 34.8 Å². The second-order valence-electron chi connectivity index (χ2n) is 4.64. The molecule has 0 saturated carbocycles. The van der Waals surface area contributed by atoms with E-state index in [1.54, 1.807) is 42.2 Å². The fourth-order valence-electron chi connectivity index (χ4n) is 2.07. The van der Waals surface area contributed by atoms with Gasteiger partial charge in [0, 0.05) is 18.8 Å². The molecule has 2 aromatic rings. The highest BCUT2D eigenvalue weighted by atomic mass is 35.5. The summed E-state index contributed by atoms with van der Waals surface area (Å²) >= 11 is 5.71. The molecule has 7 heteroatoms. The van der Waals surface area contributed by atoms with Crippen LogP contribution >= 0.6 is 11.6 Å². The van der Waals surface area contributed by atoms with Crippen molar-refractivity contribution in [2.24, 2.45) is 7.05 Å². The first-order chi connectivity index (χ1) is 10.7. The van der Waals surface area contributed by atoms with Crippen LogP contribution in [-0.2, 0) is 18.4 Å². The molecule has 0 aliphatic heterocycles. The average Bonchev–Trinajstić information content (AvgIpc) is 2.95. The van der Waals surface area contributed by atoms with Crippen LogP contribution in [0.4, 0.5) is 10.1 Å². The van der Waals surface area contributed by atoms with E-state index in [0.717, 1.165) is 5.56 Å². The molecule has 1 amide bonds. The SMILES string of the molecule is Cn1cc(CN(C(=O)CCl)c2ccccc2OCCF)cn1. The molecular weight excluding hydrogens is 309 g/mol. The summed E-state index contributed by atoms with van der Waals surface area (Å²) in [6.45, 7) is -0.345. The number of nitrogens with zero attached hydrogens (tertiary/aromatic N) is 3. The van der Waals surface area contributed by atoms with Crippen molar-refractivity contribution in [2.45, 2.75) is 6.54 Å². The van der Waals surface area contributed by atoms with Crippen LogP contribution in [0.25, 0.3) is 0 Å². The third kappa shape index (κ3) is 3.98. The number of aryl methyl sites for hydroxylation is 1. The minimum Gasteiger partial charge on any atom is -0.489 e. The Labute approximate surface area is 133 Å². The maximum Gasteiger partial charge on any atom is 0.242 e. The number of amides is 1. The number of benzene rings is 1. The van der Waals surface area contributed by atoms with Gasteiger partial charge in [0.05, 0.1) is 18.4 Å². The standard InChI is InChI=1S/C15H17ClFN3O2/c1-19-10-12(9-18-19)11-20(15(21)8-16)13-4-2-3-5-14(13)22-7-6-17/h2-5,9-10H,6-8,11H2,1H3. The van der Waals surface area contributed by atoms with Gasteiger partial charge in [0.15, 0.2) is 0 Å². The number of alkyl halides is 2. The highest BCUT2D eigenvalue weighted by Crippen LogP contribution is 2.29. The molecule has 0 aliphatic rings. The molecule has 1 aromatic carbocycles. The predicted molar refractivity (Wildman–Crippen MR) is 83.0 cm³/mol. The van der Waals surface area contributed by atoms with Gasteiger partial charge in [-0.25, -0.2) is 4.39 Å². The molecule has 1 aromatic heterocycles. The van der Waals surface area contributed by atoms with Gasteiger partial charge >= 0.3 is 0 Å². The van der Waals surface area contributed by atoms with Gasteiger partial charge in [-0.15, -0.1) is 11.6 Å². The summed E-state index contributed by atoms with van der Waals surface area (Å²) in [6.07, 6.45) is 3.50. The molecule has 0 atom stereocenters. The van der Waals surface area contributed by atoms with Gasteiger partial charge in [-0.05, 0) is 12.1 Å². The van der Waals surface area contributed by atoms with Gasteiger partial charge in [0.25, 0.3) is 0 Å². The van der Waals surface area contributed by atoms with Crippen molar-refractivity contribution < 1.29 is 13.9 Å². The van der Waals surface area contributed by atoms with E-state index < -0.39 is 6.67 Å². The van der Waals surface area contributed by atoms with E-state index in [1.165, 1.54) is 4.90 Å². The second kappa shape index (κ2) is 7.79. The molecule has 0 unspecified atom stereocenters. The van der Waals surface area contributed by atoms with Crippen LogP contribution in [0.3, 0.4) is 0 Å². The molecule has 0 saturated heterocycles. The number of carbonyl (C=O) groups excluding carboxylic acids is 1. The molecular formula is C15H17ClFN3O2. The van der Waals surface area contributed by atoms with E-state index in [-0.39, 0.29) is 18.4 Å². The van der Waals surface area contributed by atoms with Gasteiger partial charge in [0.2, 0.25) is 5.91 Å². The van der Waals surface area contributed by atoms with E-state index in [1.807, 2.05) is 6.20 Å². The van der Waals surface area contributed by atoms with Gasteiger partial charge in [-0.2, -0.15) is 5.10 Å². The Hall–Kier alpha value is -2.08. The van der Waals surface area contributed by atoms with Crippen molar-refractivity contribution in [3.05, 3.63) is 42.2 Å².